The number of furan rings is 1. The normalized spacial score (nSPS) is 10.4. The minimum absolute atomic E-state index is 0.0798. The van der Waals surface area contributed by atoms with Gasteiger partial charge in [-0.2, -0.15) is 0 Å². The number of carbonyl (C=O) groups excluding carboxylic acids is 2. The smallest absolute Gasteiger partial charge is 0.325 e. The second-order valence-electron chi connectivity index (χ2n) is 4.83. The highest BCUT2D eigenvalue weighted by Crippen LogP contribution is 2.17. The average molecular weight is 345 g/mol. The Balaban J connectivity index is 1.46. The second kappa shape index (κ2) is 7.39. The third-order valence-electron chi connectivity index (χ3n) is 3.04. The van der Waals surface area contributed by atoms with Gasteiger partial charge >= 0.3 is 5.97 Å². The van der Waals surface area contributed by atoms with Gasteiger partial charge in [0, 0.05) is 5.56 Å². The number of esters is 1. The summed E-state index contributed by atoms with van der Waals surface area (Å²) < 4.78 is 28.3. The Morgan fingerprint density at radius 3 is 2.84 bits per heavy atom. The number of nitrogens with zero attached hydrogens (tertiary/aromatic N) is 2. The molecule has 0 unspecified atom stereocenters. The molecule has 2 heterocycles. The van der Waals surface area contributed by atoms with Gasteiger partial charge in [-0.15, -0.1) is 10.2 Å². The number of halogens is 1. The molecule has 2 aromatic heterocycles. The maximum absolute atomic E-state index is 13.0. The first-order valence-electron chi connectivity index (χ1n) is 7.17. The molecule has 0 radical (unpaired) electrons. The fraction of sp³-hybridized carbons (Fsp3) is 0.125. The van der Waals surface area contributed by atoms with Crippen LogP contribution in [0.25, 0.3) is 11.7 Å². The fourth-order valence-electron chi connectivity index (χ4n) is 1.89. The summed E-state index contributed by atoms with van der Waals surface area (Å²) in [7, 11) is 0. The molecule has 3 aromatic rings. The van der Waals surface area contributed by atoms with E-state index in [1.807, 2.05) is 0 Å². The van der Waals surface area contributed by atoms with E-state index in [1.54, 1.807) is 12.1 Å². The number of nitrogens with one attached hydrogen (secondary N) is 1. The highest BCUT2D eigenvalue weighted by atomic mass is 19.1. The zero-order valence-electron chi connectivity index (χ0n) is 12.8. The molecule has 0 spiro atoms. The lowest BCUT2D eigenvalue weighted by Gasteiger charge is -2.05. The van der Waals surface area contributed by atoms with E-state index >= 15 is 0 Å². The van der Waals surface area contributed by atoms with E-state index in [4.69, 9.17) is 13.6 Å². The number of hydrogen-bond donors (Lipinski definition) is 1. The van der Waals surface area contributed by atoms with Crippen molar-refractivity contribution in [1.29, 1.82) is 0 Å². The van der Waals surface area contributed by atoms with E-state index in [1.165, 1.54) is 24.5 Å². The monoisotopic (exact) mass is 345 g/mol. The molecule has 0 saturated carbocycles. The van der Waals surface area contributed by atoms with Crippen LogP contribution in [0.15, 0.2) is 51.5 Å². The van der Waals surface area contributed by atoms with E-state index < -0.39 is 17.7 Å². The van der Waals surface area contributed by atoms with Crippen molar-refractivity contribution in [2.75, 3.05) is 6.54 Å². The molecule has 1 N–H and O–H groups in total. The molecule has 8 nitrogen and oxygen atoms in total. The van der Waals surface area contributed by atoms with Crippen LogP contribution >= 0.6 is 0 Å². The van der Waals surface area contributed by atoms with Crippen molar-refractivity contribution < 1.29 is 27.6 Å². The zero-order valence-corrected chi connectivity index (χ0v) is 12.8. The summed E-state index contributed by atoms with van der Waals surface area (Å²) in [5.41, 5.74) is 0.104. The van der Waals surface area contributed by atoms with Crippen LogP contribution in [-0.4, -0.2) is 28.6 Å². The van der Waals surface area contributed by atoms with Crippen LogP contribution in [-0.2, 0) is 16.1 Å². The quantitative estimate of drug-likeness (QED) is 0.680. The molecule has 0 fully saturated rings. The largest absolute Gasteiger partial charge is 0.459 e. The van der Waals surface area contributed by atoms with Crippen molar-refractivity contribution in [3.05, 3.63) is 59.9 Å². The molecule has 0 aliphatic carbocycles. The summed E-state index contributed by atoms with van der Waals surface area (Å²) in [6.45, 7) is -0.628. The van der Waals surface area contributed by atoms with Crippen LogP contribution < -0.4 is 5.32 Å². The SMILES string of the molecule is O=C(CNC(=O)c1cccc(F)c1)OCc1nnc(-c2ccco2)o1. The van der Waals surface area contributed by atoms with Gasteiger partial charge in [0.05, 0.1) is 6.26 Å². The van der Waals surface area contributed by atoms with Gasteiger partial charge < -0.3 is 18.9 Å². The molecule has 25 heavy (non-hydrogen) atoms. The summed E-state index contributed by atoms with van der Waals surface area (Å²) in [4.78, 5) is 23.4. The van der Waals surface area contributed by atoms with Crippen LogP contribution in [0, 0.1) is 5.82 Å². The number of aromatic nitrogens is 2. The predicted octanol–water partition coefficient (Wildman–Crippen LogP) is 1.94. The first-order valence-corrected chi connectivity index (χ1v) is 7.17. The Morgan fingerprint density at radius 1 is 1.20 bits per heavy atom. The van der Waals surface area contributed by atoms with Crippen molar-refractivity contribution in [3.63, 3.8) is 0 Å². The molecular formula is C16H12FN3O5. The molecule has 3 rings (SSSR count). The van der Waals surface area contributed by atoms with Gasteiger partial charge in [-0.3, -0.25) is 9.59 Å². The minimum atomic E-state index is -0.706. The van der Waals surface area contributed by atoms with Gasteiger partial charge in [-0.25, -0.2) is 4.39 Å². The topological polar surface area (TPSA) is 107 Å². The molecule has 0 atom stereocenters. The fourth-order valence-corrected chi connectivity index (χ4v) is 1.89. The van der Waals surface area contributed by atoms with Crippen LogP contribution in [0.4, 0.5) is 4.39 Å². The van der Waals surface area contributed by atoms with Crippen molar-refractivity contribution in [2.45, 2.75) is 6.61 Å². The maximum atomic E-state index is 13.0. The lowest BCUT2D eigenvalue weighted by Crippen LogP contribution is -2.30. The molecule has 9 heteroatoms. The third kappa shape index (κ3) is 4.28. The average Bonchev–Trinajstić information content (AvgIpc) is 3.29. The Labute approximate surface area is 140 Å². The summed E-state index contributed by atoms with van der Waals surface area (Å²) in [6, 6.07) is 8.42. The lowest BCUT2D eigenvalue weighted by atomic mass is 10.2. The van der Waals surface area contributed by atoms with Crippen LogP contribution in [0.3, 0.4) is 0 Å². The summed E-state index contributed by atoms with van der Waals surface area (Å²) in [5.74, 6) is -1.20. The number of rotatable bonds is 6. The molecule has 0 bridgehead atoms. The van der Waals surface area contributed by atoms with E-state index in [0.29, 0.717) is 5.76 Å². The molecule has 0 aliphatic heterocycles. The van der Waals surface area contributed by atoms with Crippen LogP contribution in [0.5, 0.6) is 0 Å². The molecule has 1 amide bonds. The highest BCUT2D eigenvalue weighted by molar-refractivity contribution is 5.95. The number of amides is 1. The number of carbonyl (C=O) groups is 2. The second-order valence-corrected chi connectivity index (χ2v) is 4.83. The number of hydrogen-bond acceptors (Lipinski definition) is 7. The van der Waals surface area contributed by atoms with Crippen molar-refractivity contribution in [1.82, 2.24) is 15.5 Å². The summed E-state index contributed by atoms with van der Waals surface area (Å²) in [6.07, 6.45) is 1.46. The minimum Gasteiger partial charge on any atom is -0.459 e. The predicted molar refractivity (Wildman–Crippen MR) is 80.5 cm³/mol. The van der Waals surface area contributed by atoms with Gasteiger partial charge in [0.25, 0.3) is 17.7 Å². The van der Waals surface area contributed by atoms with Gasteiger partial charge in [0.2, 0.25) is 0 Å². The summed E-state index contributed by atoms with van der Waals surface area (Å²) in [5, 5.41) is 9.79. The van der Waals surface area contributed by atoms with E-state index in [2.05, 4.69) is 15.5 Å². The molecule has 0 aliphatic rings. The number of ether oxygens (including phenoxy) is 1. The first kappa shape index (κ1) is 16.4. The molecule has 1 aromatic carbocycles. The van der Waals surface area contributed by atoms with E-state index in [-0.39, 0.29) is 30.5 Å². The Hall–Kier alpha value is -3.49. The molecular weight excluding hydrogens is 333 g/mol. The molecule has 128 valence electrons. The van der Waals surface area contributed by atoms with Crippen molar-refractivity contribution >= 4 is 11.9 Å². The van der Waals surface area contributed by atoms with Crippen molar-refractivity contribution in [3.8, 4) is 11.7 Å². The van der Waals surface area contributed by atoms with Crippen LogP contribution in [0.2, 0.25) is 0 Å². The highest BCUT2D eigenvalue weighted by Gasteiger charge is 2.14. The van der Waals surface area contributed by atoms with E-state index in [0.717, 1.165) is 6.07 Å². The van der Waals surface area contributed by atoms with Crippen molar-refractivity contribution in [2.24, 2.45) is 0 Å². The van der Waals surface area contributed by atoms with Gasteiger partial charge in [-0.1, -0.05) is 6.07 Å². The van der Waals surface area contributed by atoms with Gasteiger partial charge in [-0.05, 0) is 30.3 Å². The third-order valence-corrected chi connectivity index (χ3v) is 3.04. The van der Waals surface area contributed by atoms with Crippen LogP contribution in [0.1, 0.15) is 16.2 Å². The Kier molecular flexibility index (Phi) is 4.84. The summed E-state index contributed by atoms with van der Waals surface area (Å²) >= 11 is 0. The number of benzene rings is 1. The Bertz CT molecular complexity index is 876. The Morgan fingerprint density at radius 2 is 2.08 bits per heavy atom. The van der Waals surface area contributed by atoms with Gasteiger partial charge in [0.1, 0.15) is 12.4 Å². The van der Waals surface area contributed by atoms with E-state index in [9.17, 15) is 14.0 Å². The van der Waals surface area contributed by atoms with Gasteiger partial charge in [0.15, 0.2) is 12.4 Å². The first-order chi connectivity index (χ1) is 12.1. The molecule has 0 saturated heterocycles. The lowest BCUT2D eigenvalue weighted by molar-refractivity contribution is -0.144. The zero-order chi connectivity index (χ0) is 17.6. The standard InChI is InChI=1S/C16H12FN3O5/c17-11-4-1-3-10(7-11)15(22)18-8-14(21)24-9-13-19-20-16(25-13)12-5-2-6-23-12/h1-7H,8-9H2,(H,18,22). The maximum Gasteiger partial charge on any atom is 0.325 e.